The first kappa shape index (κ1) is 18.6. The number of anilines is 3. The van der Waals surface area contributed by atoms with Gasteiger partial charge in [0.25, 0.3) is 0 Å². The Kier molecular flexibility index (Phi) is 5.39. The van der Waals surface area contributed by atoms with Crippen LogP contribution in [0.5, 0.6) is 0 Å². The molecule has 28 heavy (non-hydrogen) atoms. The number of nitrogens with two attached hydrogens (primary N) is 1. The van der Waals surface area contributed by atoms with E-state index in [9.17, 15) is 9.90 Å². The molecule has 0 spiro atoms. The Bertz CT molecular complexity index is 827. The van der Waals surface area contributed by atoms with Gasteiger partial charge in [-0.2, -0.15) is 0 Å². The van der Waals surface area contributed by atoms with E-state index in [1.54, 1.807) is 0 Å². The van der Waals surface area contributed by atoms with Crippen LogP contribution in [-0.4, -0.2) is 42.9 Å². The maximum absolute atomic E-state index is 11.5. The van der Waals surface area contributed by atoms with Crippen LogP contribution in [-0.2, 0) is 11.2 Å². The standard InChI is InChI=1S/C22H28N4O2/c23-20(27)11-10-18-15-25(17-6-2-1-3-7-17)13-14-26(18)19-8-4-5-16-9-12-21(28)24-22(16)19/h1-8,18,21,24,28H,9-15H2,(H2,23,27). The number of aryl methyl sites for hydroxylation is 1. The van der Waals surface area contributed by atoms with E-state index in [1.807, 2.05) is 6.07 Å². The van der Waals surface area contributed by atoms with Crippen molar-refractivity contribution in [2.75, 3.05) is 34.8 Å². The maximum atomic E-state index is 11.5. The van der Waals surface area contributed by atoms with Crippen LogP contribution in [0.1, 0.15) is 24.8 Å². The Balaban J connectivity index is 1.61. The van der Waals surface area contributed by atoms with Gasteiger partial charge in [0.1, 0.15) is 6.23 Å². The predicted octanol–water partition coefficient (Wildman–Crippen LogP) is 2.32. The SMILES string of the molecule is NC(=O)CCC1CN(c2ccccc2)CCN1c1cccc2c1NC(O)CC2. The van der Waals surface area contributed by atoms with E-state index >= 15 is 0 Å². The van der Waals surface area contributed by atoms with Gasteiger partial charge in [0, 0.05) is 37.8 Å². The molecule has 0 saturated carbocycles. The van der Waals surface area contributed by atoms with Crippen LogP contribution in [0.3, 0.4) is 0 Å². The molecule has 6 heteroatoms. The molecule has 2 atom stereocenters. The minimum atomic E-state index is -0.511. The van der Waals surface area contributed by atoms with Crippen LogP contribution < -0.4 is 20.9 Å². The molecule has 0 aromatic heterocycles. The van der Waals surface area contributed by atoms with Crippen LogP contribution >= 0.6 is 0 Å². The van der Waals surface area contributed by atoms with Crippen LogP contribution in [0, 0.1) is 0 Å². The van der Waals surface area contributed by atoms with E-state index in [1.165, 1.54) is 11.3 Å². The molecular formula is C22H28N4O2. The average Bonchev–Trinajstić information content (AvgIpc) is 2.72. The lowest BCUT2D eigenvalue weighted by Crippen LogP contribution is -2.54. The molecule has 2 unspecified atom stereocenters. The van der Waals surface area contributed by atoms with Crippen molar-refractivity contribution in [3.8, 4) is 0 Å². The Morgan fingerprint density at radius 2 is 1.96 bits per heavy atom. The summed E-state index contributed by atoms with van der Waals surface area (Å²) in [5.41, 5.74) is 10.0. The molecule has 2 heterocycles. The number of hydrogen-bond acceptors (Lipinski definition) is 5. The number of aliphatic hydroxyl groups is 1. The van der Waals surface area contributed by atoms with Crippen LogP contribution in [0.15, 0.2) is 48.5 Å². The maximum Gasteiger partial charge on any atom is 0.217 e. The zero-order chi connectivity index (χ0) is 19.5. The second-order valence-electron chi connectivity index (χ2n) is 7.64. The molecule has 4 rings (SSSR count). The summed E-state index contributed by atoms with van der Waals surface area (Å²) in [4.78, 5) is 16.2. The van der Waals surface area contributed by atoms with Crippen molar-refractivity contribution >= 4 is 23.0 Å². The van der Waals surface area contributed by atoms with Gasteiger partial charge in [-0.15, -0.1) is 0 Å². The minimum Gasteiger partial charge on any atom is -0.374 e. The van der Waals surface area contributed by atoms with Gasteiger partial charge in [-0.3, -0.25) is 4.79 Å². The molecule has 2 aliphatic rings. The van der Waals surface area contributed by atoms with Crippen LogP contribution in [0.4, 0.5) is 17.1 Å². The molecule has 4 N–H and O–H groups in total. The first-order chi connectivity index (χ1) is 13.6. The molecule has 0 bridgehead atoms. The molecule has 1 amide bonds. The second-order valence-corrected chi connectivity index (χ2v) is 7.64. The number of fused-ring (bicyclic) bond motifs is 1. The van der Waals surface area contributed by atoms with Gasteiger partial charge in [-0.25, -0.2) is 0 Å². The van der Waals surface area contributed by atoms with E-state index in [2.05, 4.69) is 57.6 Å². The molecule has 0 radical (unpaired) electrons. The first-order valence-electron chi connectivity index (χ1n) is 10.0. The molecule has 2 aromatic rings. The van der Waals surface area contributed by atoms with Crippen molar-refractivity contribution in [3.05, 3.63) is 54.1 Å². The molecule has 0 aliphatic carbocycles. The number of aliphatic hydroxyl groups excluding tert-OH is 1. The minimum absolute atomic E-state index is 0.175. The molecular weight excluding hydrogens is 352 g/mol. The third-order valence-electron chi connectivity index (χ3n) is 5.76. The smallest absolute Gasteiger partial charge is 0.217 e. The third-order valence-corrected chi connectivity index (χ3v) is 5.76. The Morgan fingerprint density at radius 1 is 1.14 bits per heavy atom. The summed E-state index contributed by atoms with van der Waals surface area (Å²) in [6.07, 6.45) is 2.17. The van der Waals surface area contributed by atoms with Crippen LogP contribution in [0.25, 0.3) is 0 Å². The Hall–Kier alpha value is -2.73. The average molecular weight is 380 g/mol. The Labute approximate surface area is 165 Å². The van der Waals surface area contributed by atoms with Gasteiger partial charge in [0.15, 0.2) is 0 Å². The molecule has 148 valence electrons. The van der Waals surface area contributed by atoms with E-state index < -0.39 is 6.23 Å². The number of carbonyl (C=O) groups is 1. The summed E-state index contributed by atoms with van der Waals surface area (Å²) < 4.78 is 0. The molecule has 1 saturated heterocycles. The highest BCUT2D eigenvalue weighted by atomic mass is 16.3. The number of nitrogens with one attached hydrogen (secondary N) is 1. The summed E-state index contributed by atoms with van der Waals surface area (Å²) in [6, 6.07) is 16.9. The van der Waals surface area contributed by atoms with Crippen molar-refractivity contribution < 1.29 is 9.90 Å². The lowest BCUT2D eigenvalue weighted by Gasteiger charge is -2.45. The van der Waals surface area contributed by atoms with E-state index in [4.69, 9.17) is 5.73 Å². The fourth-order valence-corrected chi connectivity index (χ4v) is 4.33. The van der Waals surface area contributed by atoms with Crippen molar-refractivity contribution in [1.29, 1.82) is 0 Å². The van der Waals surface area contributed by atoms with Crippen molar-refractivity contribution in [2.45, 2.75) is 38.0 Å². The van der Waals surface area contributed by atoms with Gasteiger partial charge in [-0.05, 0) is 43.0 Å². The monoisotopic (exact) mass is 380 g/mol. The summed E-state index contributed by atoms with van der Waals surface area (Å²) in [5.74, 6) is -0.263. The number of hydrogen-bond donors (Lipinski definition) is 3. The highest BCUT2D eigenvalue weighted by Crippen LogP contribution is 2.37. The molecule has 2 aliphatic heterocycles. The number of para-hydroxylation sites is 2. The van der Waals surface area contributed by atoms with Gasteiger partial charge >= 0.3 is 0 Å². The van der Waals surface area contributed by atoms with Crippen LogP contribution in [0.2, 0.25) is 0 Å². The van der Waals surface area contributed by atoms with E-state index in [0.29, 0.717) is 12.8 Å². The highest BCUT2D eigenvalue weighted by molar-refractivity contribution is 5.76. The van der Waals surface area contributed by atoms with E-state index in [-0.39, 0.29) is 11.9 Å². The fraction of sp³-hybridized carbons (Fsp3) is 0.409. The molecule has 2 aromatic carbocycles. The number of amides is 1. The number of piperazine rings is 1. The molecule has 1 fully saturated rings. The number of primary amides is 1. The van der Waals surface area contributed by atoms with Crippen molar-refractivity contribution in [2.24, 2.45) is 5.73 Å². The number of nitrogens with zero attached hydrogens (tertiary/aromatic N) is 2. The van der Waals surface area contributed by atoms with Crippen molar-refractivity contribution in [1.82, 2.24) is 0 Å². The summed E-state index contributed by atoms with van der Waals surface area (Å²) in [7, 11) is 0. The van der Waals surface area contributed by atoms with Gasteiger partial charge < -0.3 is 26.0 Å². The third kappa shape index (κ3) is 3.92. The zero-order valence-corrected chi connectivity index (χ0v) is 16.1. The predicted molar refractivity (Wildman–Crippen MR) is 113 cm³/mol. The normalized spacial score (nSPS) is 21.8. The lowest BCUT2D eigenvalue weighted by molar-refractivity contribution is -0.118. The lowest BCUT2D eigenvalue weighted by atomic mass is 9.98. The molecule has 6 nitrogen and oxygen atoms in total. The summed E-state index contributed by atoms with van der Waals surface area (Å²) in [6.45, 7) is 2.60. The van der Waals surface area contributed by atoms with Gasteiger partial charge in [0.05, 0.1) is 11.4 Å². The largest absolute Gasteiger partial charge is 0.374 e. The highest BCUT2D eigenvalue weighted by Gasteiger charge is 2.30. The van der Waals surface area contributed by atoms with Crippen molar-refractivity contribution in [3.63, 3.8) is 0 Å². The number of benzene rings is 2. The van der Waals surface area contributed by atoms with Gasteiger partial charge in [-0.1, -0.05) is 30.3 Å². The number of rotatable bonds is 5. The zero-order valence-electron chi connectivity index (χ0n) is 16.1. The Morgan fingerprint density at radius 3 is 2.75 bits per heavy atom. The second kappa shape index (κ2) is 8.10. The fourth-order valence-electron chi connectivity index (χ4n) is 4.33. The quantitative estimate of drug-likeness (QED) is 0.742. The number of carbonyl (C=O) groups excluding carboxylic acids is 1. The van der Waals surface area contributed by atoms with E-state index in [0.717, 1.165) is 43.9 Å². The topological polar surface area (TPSA) is 81.8 Å². The summed E-state index contributed by atoms with van der Waals surface area (Å²) >= 11 is 0. The van der Waals surface area contributed by atoms with Gasteiger partial charge in [0.2, 0.25) is 5.91 Å². The summed E-state index contributed by atoms with van der Waals surface area (Å²) in [5, 5.41) is 13.4. The first-order valence-corrected chi connectivity index (χ1v) is 10.0.